The number of fused-ring (bicyclic) bond motifs is 1. The third kappa shape index (κ3) is 1.89. The zero-order valence-corrected chi connectivity index (χ0v) is 10.7. The minimum absolute atomic E-state index is 0.431. The third-order valence-corrected chi connectivity index (χ3v) is 4.68. The van der Waals surface area contributed by atoms with E-state index >= 15 is 0 Å². The molecule has 2 fully saturated rings. The van der Waals surface area contributed by atoms with Gasteiger partial charge in [-0.25, -0.2) is 0 Å². The molecule has 3 N–H and O–H groups in total. The van der Waals surface area contributed by atoms with E-state index in [-0.39, 0.29) is 0 Å². The van der Waals surface area contributed by atoms with Gasteiger partial charge < -0.3 is 0 Å². The number of nitrogens with two attached hydrogens (primary N) is 1. The number of aromatic nitrogens is 2. The van der Waals surface area contributed by atoms with Crippen molar-refractivity contribution in [1.29, 1.82) is 0 Å². The van der Waals surface area contributed by atoms with Crippen molar-refractivity contribution < 1.29 is 0 Å². The number of aryl methyl sites for hydroxylation is 2. The van der Waals surface area contributed by atoms with E-state index < -0.39 is 0 Å². The van der Waals surface area contributed by atoms with Gasteiger partial charge in [-0.2, -0.15) is 5.10 Å². The molecule has 3 rings (SSSR count). The Kier molecular flexibility index (Phi) is 2.71. The predicted octanol–water partition coefficient (Wildman–Crippen LogP) is 1.15. The van der Waals surface area contributed by atoms with E-state index in [1.165, 1.54) is 25.0 Å². The summed E-state index contributed by atoms with van der Waals surface area (Å²) >= 11 is 0. The fourth-order valence-electron chi connectivity index (χ4n) is 3.86. The predicted molar refractivity (Wildman–Crippen MR) is 67.1 cm³/mol. The summed E-state index contributed by atoms with van der Waals surface area (Å²) in [5.74, 6) is 8.45. The molecule has 0 aliphatic heterocycles. The second kappa shape index (κ2) is 4.10. The molecule has 0 saturated heterocycles. The molecular formula is C13H22N4. The van der Waals surface area contributed by atoms with Crippen molar-refractivity contribution >= 4 is 0 Å². The molecule has 2 aliphatic rings. The molecule has 0 radical (unpaired) electrons. The van der Waals surface area contributed by atoms with Gasteiger partial charge in [0.05, 0.1) is 5.69 Å². The van der Waals surface area contributed by atoms with Gasteiger partial charge >= 0.3 is 0 Å². The summed E-state index contributed by atoms with van der Waals surface area (Å²) in [6, 6.07) is 2.60. The summed E-state index contributed by atoms with van der Waals surface area (Å²) in [7, 11) is 2.02. The van der Waals surface area contributed by atoms with Gasteiger partial charge in [-0.15, -0.1) is 0 Å². The number of nitrogens with one attached hydrogen (secondary N) is 1. The van der Waals surface area contributed by atoms with E-state index in [4.69, 9.17) is 5.84 Å². The van der Waals surface area contributed by atoms with Crippen LogP contribution in [0.25, 0.3) is 0 Å². The smallest absolute Gasteiger partial charge is 0.0596 e. The molecule has 0 bridgehead atoms. The number of hydrogen-bond donors (Lipinski definition) is 2. The summed E-state index contributed by atoms with van der Waals surface area (Å²) in [4.78, 5) is 0. The summed E-state index contributed by atoms with van der Waals surface area (Å²) in [6.45, 7) is 2.04. The normalized spacial score (nSPS) is 32.5. The Hall–Kier alpha value is -0.870. The topological polar surface area (TPSA) is 55.9 Å². The fourth-order valence-corrected chi connectivity index (χ4v) is 3.86. The number of hydrogen-bond acceptors (Lipinski definition) is 3. The molecule has 0 spiro atoms. The average Bonchev–Trinajstić information content (AvgIpc) is 2.66. The van der Waals surface area contributed by atoms with Crippen LogP contribution in [-0.2, 0) is 13.5 Å². The van der Waals surface area contributed by atoms with Gasteiger partial charge in [0.25, 0.3) is 0 Å². The highest BCUT2D eigenvalue weighted by molar-refractivity contribution is 5.14. The third-order valence-electron chi connectivity index (χ3n) is 4.68. The molecule has 2 aliphatic carbocycles. The van der Waals surface area contributed by atoms with Crippen molar-refractivity contribution in [2.75, 3.05) is 0 Å². The maximum Gasteiger partial charge on any atom is 0.0596 e. The molecule has 3 unspecified atom stereocenters. The fraction of sp³-hybridized carbons (Fsp3) is 0.769. The zero-order chi connectivity index (χ0) is 12.0. The van der Waals surface area contributed by atoms with Crippen LogP contribution in [0.2, 0.25) is 0 Å². The summed E-state index contributed by atoms with van der Waals surface area (Å²) in [5.41, 5.74) is 5.42. The quantitative estimate of drug-likeness (QED) is 0.607. The lowest BCUT2D eigenvalue weighted by molar-refractivity contribution is 0.402. The first-order chi connectivity index (χ1) is 8.20. The Labute approximate surface area is 103 Å². The van der Waals surface area contributed by atoms with Gasteiger partial charge in [0.2, 0.25) is 0 Å². The van der Waals surface area contributed by atoms with Crippen molar-refractivity contribution in [1.82, 2.24) is 15.2 Å². The highest BCUT2D eigenvalue weighted by Crippen LogP contribution is 2.59. The largest absolute Gasteiger partial charge is 0.272 e. The number of rotatable bonds is 4. The molecule has 0 aromatic carbocycles. The average molecular weight is 234 g/mol. The maximum absolute atomic E-state index is 5.74. The molecule has 1 heterocycles. The Bertz CT molecular complexity index is 402. The highest BCUT2D eigenvalue weighted by Gasteiger charge is 2.55. The Morgan fingerprint density at radius 1 is 1.53 bits per heavy atom. The number of hydrazine groups is 1. The maximum atomic E-state index is 5.74. The van der Waals surface area contributed by atoms with Crippen molar-refractivity contribution in [3.05, 3.63) is 17.5 Å². The second-order valence-electron chi connectivity index (χ2n) is 5.71. The standard InChI is InChI=1S/C13H22N4/c1-8-6-9(17(2)16-8)7-12(15-14)13-10-4-3-5-11(10)13/h6,10-13,15H,3-5,7,14H2,1-2H3. The van der Waals surface area contributed by atoms with Crippen LogP contribution in [0.1, 0.15) is 30.7 Å². The first-order valence-electron chi connectivity index (χ1n) is 6.66. The van der Waals surface area contributed by atoms with Gasteiger partial charge in [-0.05, 0) is 43.6 Å². The molecule has 94 valence electrons. The van der Waals surface area contributed by atoms with Crippen LogP contribution in [-0.4, -0.2) is 15.8 Å². The van der Waals surface area contributed by atoms with Crippen LogP contribution in [0.3, 0.4) is 0 Å². The summed E-state index contributed by atoms with van der Waals surface area (Å²) in [6.07, 6.45) is 5.26. The van der Waals surface area contributed by atoms with Crippen LogP contribution >= 0.6 is 0 Å². The molecule has 4 nitrogen and oxygen atoms in total. The van der Waals surface area contributed by atoms with E-state index in [0.29, 0.717) is 6.04 Å². The molecule has 1 aromatic heterocycles. The lowest BCUT2D eigenvalue weighted by Gasteiger charge is -2.17. The molecule has 1 aromatic rings. The SMILES string of the molecule is Cc1cc(CC(NN)C2C3CCCC32)n(C)n1. The van der Waals surface area contributed by atoms with Crippen LogP contribution < -0.4 is 11.3 Å². The van der Waals surface area contributed by atoms with Crippen LogP contribution in [0.5, 0.6) is 0 Å². The van der Waals surface area contributed by atoms with E-state index in [9.17, 15) is 0 Å². The zero-order valence-electron chi connectivity index (χ0n) is 10.7. The molecule has 3 atom stereocenters. The van der Waals surface area contributed by atoms with Crippen LogP contribution in [0.15, 0.2) is 6.07 Å². The summed E-state index contributed by atoms with van der Waals surface area (Å²) < 4.78 is 1.98. The van der Waals surface area contributed by atoms with Gasteiger partial charge in [0, 0.05) is 25.2 Å². The van der Waals surface area contributed by atoms with Gasteiger partial charge in [0.1, 0.15) is 0 Å². The van der Waals surface area contributed by atoms with Crippen molar-refractivity contribution in [3.8, 4) is 0 Å². The highest BCUT2D eigenvalue weighted by atomic mass is 15.3. The Morgan fingerprint density at radius 2 is 2.24 bits per heavy atom. The number of nitrogens with zero attached hydrogens (tertiary/aromatic N) is 2. The van der Waals surface area contributed by atoms with Crippen molar-refractivity contribution in [3.63, 3.8) is 0 Å². The van der Waals surface area contributed by atoms with Crippen molar-refractivity contribution in [2.45, 2.75) is 38.6 Å². The molecular weight excluding hydrogens is 212 g/mol. The molecule has 4 heteroatoms. The van der Waals surface area contributed by atoms with Gasteiger partial charge in [-0.1, -0.05) is 6.42 Å². The van der Waals surface area contributed by atoms with Gasteiger partial charge in [-0.3, -0.25) is 16.0 Å². The molecule has 2 saturated carbocycles. The first kappa shape index (κ1) is 11.2. The monoisotopic (exact) mass is 234 g/mol. The Balaban J connectivity index is 1.68. The van der Waals surface area contributed by atoms with E-state index in [1.807, 2.05) is 18.7 Å². The van der Waals surface area contributed by atoms with E-state index in [0.717, 1.165) is 29.9 Å². The van der Waals surface area contributed by atoms with Crippen LogP contribution in [0, 0.1) is 24.7 Å². The molecule has 17 heavy (non-hydrogen) atoms. The minimum Gasteiger partial charge on any atom is -0.272 e. The van der Waals surface area contributed by atoms with Gasteiger partial charge in [0.15, 0.2) is 0 Å². The molecule has 0 amide bonds. The minimum atomic E-state index is 0.431. The van der Waals surface area contributed by atoms with Crippen molar-refractivity contribution in [2.24, 2.45) is 30.6 Å². The van der Waals surface area contributed by atoms with E-state index in [2.05, 4.69) is 16.6 Å². The Morgan fingerprint density at radius 3 is 2.76 bits per heavy atom. The lowest BCUT2D eigenvalue weighted by atomic mass is 10.0. The first-order valence-corrected chi connectivity index (χ1v) is 6.66. The summed E-state index contributed by atoms with van der Waals surface area (Å²) in [5, 5.41) is 4.40. The second-order valence-corrected chi connectivity index (χ2v) is 5.71. The van der Waals surface area contributed by atoms with E-state index in [1.54, 1.807) is 0 Å². The van der Waals surface area contributed by atoms with Crippen LogP contribution in [0.4, 0.5) is 0 Å². The lowest BCUT2D eigenvalue weighted by Crippen LogP contribution is -2.40.